The number of carbonyl (C=O) groups excluding carboxylic acids is 1. The van der Waals surface area contributed by atoms with E-state index < -0.39 is 27.7 Å². The summed E-state index contributed by atoms with van der Waals surface area (Å²) in [6, 6.07) is 10.9. The predicted molar refractivity (Wildman–Crippen MR) is 112 cm³/mol. The van der Waals surface area contributed by atoms with Gasteiger partial charge in [-0.1, -0.05) is 24.3 Å². The minimum Gasteiger partial charge on any atom is -0.348 e. The first-order valence-electron chi connectivity index (χ1n) is 9.44. The molecule has 32 heavy (non-hydrogen) atoms. The fourth-order valence-electron chi connectivity index (χ4n) is 3.08. The van der Waals surface area contributed by atoms with Gasteiger partial charge in [0.05, 0.1) is 33.6 Å². The van der Waals surface area contributed by atoms with Gasteiger partial charge in [0.1, 0.15) is 0 Å². The number of alkyl halides is 3. The number of hydrogen-bond donors (Lipinski definition) is 1. The van der Waals surface area contributed by atoms with E-state index in [0.29, 0.717) is 11.3 Å². The molecule has 0 fully saturated rings. The van der Waals surface area contributed by atoms with Crippen LogP contribution in [-0.4, -0.2) is 42.5 Å². The minimum atomic E-state index is -4.50. The van der Waals surface area contributed by atoms with E-state index in [-0.39, 0.29) is 22.7 Å². The van der Waals surface area contributed by atoms with Crippen LogP contribution in [0, 0.1) is 6.92 Å². The molecule has 1 aromatic heterocycles. The molecule has 3 rings (SSSR count). The van der Waals surface area contributed by atoms with Crippen molar-refractivity contribution in [2.24, 2.45) is 0 Å². The van der Waals surface area contributed by atoms with Gasteiger partial charge in [0.2, 0.25) is 10.0 Å². The third-order valence-electron chi connectivity index (χ3n) is 4.84. The lowest BCUT2D eigenvalue weighted by Gasteiger charge is -2.15. The Bertz CT molecular complexity index is 1250. The molecule has 0 saturated carbocycles. The molecule has 0 atom stereocenters. The number of nitrogens with zero attached hydrogens (tertiary/aromatic N) is 3. The van der Waals surface area contributed by atoms with Gasteiger partial charge in [-0.15, -0.1) is 0 Å². The van der Waals surface area contributed by atoms with E-state index in [0.717, 1.165) is 16.4 Å². The van der Waals surface area contributed by atoms with Crippen LogP contribution in [0.15, 0.2) is 59.6 Å². The second kappa shape index (κ2) is 8.75. The molecule has 1 N–H and O–H groups in total. The Morgan fingerprint density at radius 3 is 2.47 bits per heavy atom. The van der Waals surface area contributed by atoms with Gasteiger partial charge in [-0.05, 0) is 36.8 Å². The Morgan fingerprint density at radius 2 is 1.81 bits per heavy atom. The van der Waals surface area contributed by atoms with Crippen LogP contribution >= 0.6 is 0 Å². The lowest BCUT2D eigenvalue weighted by molar-refractivity contribution is -0.137. The molecule has 1 amide bonds. The van der Waals surface area contributed by atoms with Crippen LogP contribution in [0.4, 0.5) is 13.2 Å². The van der Waals surface area contributed by atoms with Crippen LogP contribution < -0.4 is 5.32 Å². The van der Waals surface area contributed by atoms with Crippen molar-refractivity contribution < 1.29 is 26.4 Å². The maximum Gasteiger partial charge on any atom is 0.416 e. The van der Waals surface area contributed by atoms with Crippen molar-refractivity contribution in [3.63, 3.8) is 0 Å². The SMILES string of the molecule is Cc1c(C(=O)NCc2ccccc2S(=O)(=O)N(C)C)cnn1-c1cccc(C(F)(F)F)c1. The summed E-state index contributed by atoms with van der Waals surface area (Å²) in [6.45, 7) is 1.50. The zero-order chi connectivity index (χ0) is 23.7. The van der Waals surface area contributed by atoms with Crippen LogP contribution in [0.2, 0.25) is 0 Å². The van der Waals surface area contributed by atoms with Gasteiger partial charge in [-0.2, -0.15) is 18.3 Å². The Labute approximate surface area is 183 Å². The summed E-state index contributed by atoms with van der Waals surface area (Å²) in [4.78, 5) is 12.8. The fourth-order valence-corrected chi connectivity index (χ4v) is 4.19. The average molecular weight is 466 g/mol. The summed E-state index contributed by atoms with van der Waals surface area (Å²) < 4.78 is 66.3. The highest BCUT2D eigenvalue weighted by molar-refractivity contribution is 7.89. The van der Waals surface area contributed by atoms with Crippen molar-refractivity contribution in [1.29, 1.82) is 0 Å². The molecule has 7 nitrogen and oxygen atoms in total. The molecule has 0 spiro atoms. The molecule has 0 saturated heterocycles. The highest BCUT2D eigenvalue weighted by atomic mass is 32.2. The number of sulfonamides is 1. The second-order valence-corrected chi connectivity index (χ2v) is 9.30. The van der Waals surface area contributed by atoms with E-state index in [9.17, 15) is 26.4 Å². The van der Waals surface area contributed by atoms with E-state index in [4.69, 9.17) is 0 Å². The largest absolute Gasteiger partial charge is 0.416 e. The Morgan fingerprint density at radius 1 is 1.12 bits per heavy atom. The van der Waals surface area contributed by atoms with Gasteiger partial charge in [0.15, 0.2) is 0 Å². The number of benzene rings is 2. The molecule has 0 aliphatic rings. The Kier molecular flexibility index (Phi) is 6.42. The molecule has 0 radical (unpaired) electrons. The third-order valence-corrected chi connectivity index (χ3v) is 6.76. The molecule has 0 bridgehead atoms. The molecule has 11 heteroatoms. The van der Waals surface area contributed by atoms with Crippen molar-refractivity contribution in [3.05, 3.63) is 77.1 Å². The fraction of sp³-hybridized carbons (Fsp3) is 0.238. The van der Waals surface area contributed by atoms with E-state index in [2.05, 4.69) is 10.4 Å². The summed E-state index contributed by atoms with van der Waals surface area (Å²) in [5, 5.41) is 6.70. The van der Waals surface area contributed by atoms with E-state index in [1.165, 1.54) is 43.2 Å². The van der Waals surface area contributed by atoms with Gasteiger partial charge in [0, 0.05) is 20.6 Å². The van der Waals surface area contributed by atoms with E-state index in [1.54, 1.807) is 25.1 Å². The van der Waals surface area contributed by atoms with Gasteiger partial charge in [0.25, 0.3) is 5.91 Å². The lowest BCUT2D eigenvalue weighted by atomic mass is 10.2. The number of aromatic nitrogens is 2. The second-order valence-electron chi connectivity index (χ2n) is 7.18. The van der Waals surface area contributed by atoms with Gasteiger partial charge in [-0.3, -0.25) is 4.79 Å². The minimum absolute atomic E-state index is 0.0593. The van der Waals surface area contributed by atoms with Crippen LogP contribution in [0.5, 0.6) is 0 Å². The van der Waals surface area contributed by atoms with Crippen molar-refractivity contribution in [2.75, 3.05) is 14.1 Å². The highest BCUT2D eigenvalue weighted by Gasteiger charge is 2.31. The van der Waals surface area contributed by atoms with Crippen LogP contribution in [0.25, 0.3) is 5.69 Å². The first-order chi connectivity index (χ1) is 14.9. The molecular weight excluding hydrogens is 445 g/mol. The molecule has 0 unspecified atom stereocenters. The molecule has 2 aromatic carbocycles. The maximum atomic E-state index is 13.0. The number of nitrogens with one attached hydrogen (secondary N) is 1. The number of halogens is 3. The summed E-state index contributed by atoms with van der Waals surface area (Å²) in [5.41, 5.74) is 0.247. The Balaban J connectivity index is 1.83. The van der Waals surface area contributed by atoms with Crippen molar-refractivity contribution in [1.82, 2.24) is 19.4 Å². The van der Waals surface area contributed by atoms with Crippen molar-refractivity contribution >= 4 is 15.9 Å². The molecular formula is C21H21F3N4O3S. The smallest absolute Gasteiger partial charge is 0.348 e. The third kappa shape index (κ3) is 4.68. The summed E-state index contributed by atoms with van der Waals surface area (Å²) in [5.74, 6) is -0.530. The maximum absolute atomic E-state index is 13.0. The van der Waals surface area contributed by atoms with Gasteiger partial charge >= 0.3 is 6.18 Å². The zero-order valence-corrected chi connectivity index (χ0v) is 18.3. The molecule has 1 heterocycles. The van der Waals surface area contributed by atoms with E-state index in [1.807, 2.05) is 0 Å². The van der Waals surface area contributed by atoms with Gasteiger partial charge < -0.3 is 5.32 Å². The number of amides is 1. The molecule has 3 aromatic rings. The summed E-state index contributed by atoms with van der Waals surface area (Å²) in [6.07, 6.45) is -3.25. The number of hydrogen-bond acceptors (Lipinski definition) is 4. The topological polar surface area (TPSA) is 84.3 Å². The van der Waals surface area contributed by atoms with Gasteiger partial charge in [-0.25, -0.2) is 17.4 Å². The standard InChI is InChI=1S/C21H21F3N4O3S/c1-14-18(13-26-28(14)17-9-6-8-16(11-17)21(22,23)24)20(29)25-12-15-7-4-5-10-19(15)32(30,31)27(2)3/h4-11,13H,12H2,1-3H3,(H,25,29). The number of rotatable bonds is 6. The monoisotopic (exact) mass is 466 g/mol. The first-order valence-corrected chi connectivity index (χ1v) is 10.9. The lowest BCUT2D eigenvalue weighted by Crippen LogP contribution is -2.27. The Hall–Kier alpha value is -3.18. The first kappa shape index (κ1) is 23.5. The van der Waals surface area contributed by atoms with E-state index >= 15 is 0 Å². The van der Waals surface area contributed by atoms with Crippen molar-refractivity contribution in [3.8, 4) is 5.69 Å². The highest BCUT2D eigenvalue weighted by Crippen LogP contribution is 2.30. The summed E-state index contributed by atoms with van der Waals surface area (Å²) >= 11 is 0. The quantitative estimate of drug-likeness (QED) is 0.604. The average Bonchev–Trinajstić information content (AvgIpc) is 3.13. The zero-order valence-electron chi connectivity index (χ0n) is 17.5. The van der Waals surface area contributed by atoms with Crippen LogP contribution in [0.3, 0.4) is 0 Å². The molecule has 170 valence electrons. The number of carbonyl (C=O) groups is 1. The molecule has 0 aliphatic heterocycles. The summed E-state index contributed by atoms with van der Waals surface area (Å²) in [7, 11) is -0.877. The van der Waals surface area contributed by atoms with Crippen LogP contribution in [0.1, 0.15) is 27.2 Å². The van der Waals surface area contributed by atoms with Crippen molar-refractivity contribution in [2.45, 2.75) is 24.5 Å². The molecule has 0 aliphatic carbocycles. The predicted octanol–water partition coefficient (Wildman–Crippen LogP) is 3.38. The normalized spacial score (nSPS) is 12.2. The van der Waals surface area contributed by atoms with Crippen LogP contribution in [-0.2, 0) is 22.7 Å².